The molecule has 1 amide bonds. The predicted molar refractivity (Wildman–Crippen MR) is 93.9 cm³/mol. The largest absolute Gasteiger partial charge is 0.454 e. The molecule has 2 heterocycles. The first-order chi connectivity index (χ1) is 12.2. The van der Waals surface area contributed by atoms with Gasteiger partial charge < -0.3 is 19.7 Å². The van der Waals surface area contributed by atoms with Gasteiger partial charge in [-0.05, 0) is 30.2 Å². The number of unbranched alkanes of at least 4 members (excludes halogenated alkanes) is 1. The molecule has 3 rings (SSSR count). The number of hydrogen-bond acceptors (Lipinski definition) is 6. The number of nitrogens with one attached hydrogen (secondary N) is 1. The standard InChI is InChI=1S/C18H22N4O3/c1-3-4-9-22(2)18-19-8-7-14(21-18)17(23)20-11-13-5-6-15-16(10-13)25-12-24-15/h5-8,10H,3-4,9,11-12H2,1-2H3,(H,20,23). The second-order valence-corrected chi connectivity index (χ2v) is 5.89. The Labute approximate surface area is 147 Å². The number of aromatic nitrogens is 2. The lowest BCUT2D eigenvalue weighted by Gasteiger charge is -2.16. The van der Waals surface area contributed by atoms with Crippen LogP contribution in [0.1, 0.15) is 35.8 Å². The molecule has 7 nitrogen and oxygen atoms in total. The summed E-state index contributed by atoms with van der Waals surface area (Å²) in [5, 5.41) is 2.87. The molecular weight excluding hydrogens is 320 g/mol. The van der Waals surface area contributed by atoms with E-state index < -0.39 is 0 Å². The number of carbonyl (C=O) groups is 1. The molecule has 0 atom stereocenters. The van der Waals surface area contributed by atoms with E-state index in [2.05, 4.69) is 22.2 Å². The highest BCUT2D eigenvalue weighted by Gasteiger charge is 2.14. The molecule has 1 aliphatic heterocycles. The van der Waals surface area contributed by atoms with E-state index in [1.165, 1.54) is 0 Å². The fourth-order valence-electron chi connectivity index (χ4n) is 2.48. The number of carbonyl (C=O) groups excluding carboxylic acids is 1. The number of rotatable bonds is 7. The first-order valence-electron chi connectivity index (χ1n) is 8.38. The van der Waals surface area contributed by atoms with E-state index in [9.17, 15) is 4.79 Å². The summed E-state index contributed by atoms with van der Waals surface area (Å²) in [6, 6.07) is 7.23. The van der Waals surface area contributed by atoms with Crippen molar-refractivity contribution in [2.45, 2.75) is 26.3 Å². The summed E-state index contributed by atoms with van der Waals surface area (Å²) in [6.45, 7) is 3.62. The number of nitrogens with zero attached hydrogens (tertiary/aromatic N) is 3. The SMILES string of the molecule is CCCCN(C)c1nccc(C(=O)NCc2ccc3c(c2)OCO3)n1. The van der Waals surface area contributed by atoms with Crippen LogP contribution in [0.2, 0.25) is 0 Å². The summed E-state index contributed by atoms with van der Waals surface area (Å²) >= 11 is 0. The maximum absolute atomic E-state index is 12.4. The van der Waals surface area contributed by atoms with E-state index in [1.54, 1.807) is 12.3 Å². The molecule has 0 spiro atoms. The summed E-state index contributed by atoms with van der Waals surface area (Å²) < 4.78 is 10.6. The second-order valence-electron chi connectivity index (χ2n) is 5.89. The van der Waals surface area contributed by atoms with Crippen molar-refractivity contribution < 1.29 is 14.3 Å². The predicted octanol–water partition coefficient (Wildman–Crippen LogP) is 2.37. The molecule has 2 aromatic rings. The molecule has 0 unspecified atom stereocenters. The van der Waals surface area contributed by atoms with Crippen molar-refractivity contribution in [3.05, 3.63) is 41.7 Å². The van der Waals surface area contributed by atoms with Crippen LogP contribution in [-0.4, -0.2) is 36.3 Å². The van der Waals surface area contributed by atoms with Gasteiger partial charge in [0.15, 0.2) is 11.5 Å². The number of hydrogen-bond donors (Lipinski definition) is 1. The highest BCUT2D eigenvalue weighted by atomic mass is 16.7. The average Bonchev–Trinajstić information content (AvgIpc) is 3.12. The van der Waals surface area contributed by atoms with Crippen LogP contribution in [0.15, 0.2) is 30.5 Å². The van der Waals surface area contributed by atoms with Crippen LogP contribution in [0, 0.1) is 0 Å². The molecule has 25 heavy (non-hydrogen) atoms. The Hall–Kier alpha value is -2.83. The quantitative estimate of drug-likeness (QED) is 0.832. The van der Waals surface area contributed by atoms with Crippen LogP contribution in [0.4, 0.5) is 5.95 Å². The minimum Gasteiger partial charge on any atom is -0.454 e. The zero-order valence-electron chi connectivity index (χ0n) is 14.5. The molecule has 1 aliphatic rings. The van der Waals surface area contributed by atoms with Gasteiger partial charge >= 0.3 is 0 Å². The summed E-state index contributed by atoms with van der Waals surface area (Å²) in [6.07, 6.45) is 3.76. The second kappa shape index (κ2) is 7.83. The van der Waals surface area contributed by atoms with Gasteiger partial charge in [-0.1, -0.05) is 19.4 Å². The Bertz CT molecular complexity index is 751. The van der Waals surface area contributed by atoms with Gasteiger partial charge in [-0.2, -0.15) is 0 Å². The van der Waals surface area contributed by atoms with Gasteiger partial charge in [0, 0.05) is 26.3 Å². The van der Waals surface area contributed by atoms with Crippen molar-refractivity contribution in [2.24, 2.45) is 0 Å². The Balaban J connectivity index is 1.61. The summed E-state index contributed by atoms with van der Waals surface area (Å²) in [7, 11) is 1.93. The summed E-state index contributed by atoms with van der Waals surface area (Å²) in [5.41, 5.74) is 1.29. The van der Waals surface area contributed by atoms with E-state index in [-0.39, 0.29) is 12.7 Å². The first kappa shape index (κ1) is 17.0. The van der Waals surface area contributed by atoms with Crippen molar-refractivity contribution in [3.63, 3.8) is 0 Å². The minimum absolute atomic E-state index is 0.231. The molecule has 0 saturated heterocycles. The van der Waals surface area contributed by atoms with E-state index in [1.807, 2.05) is 30.1 Å². The van der Waals surface area contributed by atoms with Gasteiger partial charge in [0.25, 0.3) is 5.91 Å². The molecular formula is C18H22N4O3. The van der Waals surface area contributed by atoms with Gasteiger partial charge in [-0.25, -0.2) is 9.97 Å². The Kier molecular flexibility index (Phi) is 5.33. The van der Waals surface area contributed by atoms with Crippen molar-refractivity contribution in [3.8, 4) is 11.5 Å². The van der Waals surface area contributed by atoms with Gasteiger partial charge in [0.05, 0.1) is 0 Å². The van der Waals surface area contributed by atoms with Crippen molar-refractivity contribution in [2.75, 3.05) is 25.3 Å². The van der Waals surface area contributed by atoms with Crippen molar-refractivity contribution in [1.82, 2.24) is 15.3 Å². The molecule has 0 saturated carbocycles. The lowest BCUT2D eigenvalue weighted by Crippen LogP contribution is -2.26. The van der Waals surface area contributed by atoms with Gasteiger partial charge in [-0.15, -0.1) is 0 Å². The van der Waals surface area contributed by atoms with Crippen LogP contribution in [0.25, 0.3) is 0 Å². The molecule has 0 radical (unpaired) electrons. The number of benzene rings is 1. The number of amides is 1. The monoisotopic (exact) mass is 342 g/mol. The molecule has 0 fully saturated rings. The summed E-state index contributed by atoms with van der Waals surface area (Å²) in [4.78, 5) is 22.9. The smallest absolute Gasteiger partial charge is 0.270 e. The fraction of sp³-hybridized carbons (Fsp3) is 0.389. The lowest BCUT2D eigenvalue weighted by molar-refractivity contribution is 0.0945. The molecule has 0 bridgehead atoms. The van der Waals surface area contributed by atoms with Crippen LogP contribution in [0.5, 0.6) is 11.5 Å². The highest BCUT2D eigenvalue weighted by Crippen LogP contribution is 2.32. The lowest BCUT2D eigenvalue weighted by atomic mass is 10.2. The highest BCUT2D eigenvalue weighted by molar-refractivity contribution is 5.92. The number of ether oxygens (including phenoxy) is 2. The zero-order chi connectivity index (χ0) is 17.6. The van der Waals surface area contributed by atoms with Crippen molar-refractivity contribution >= 4 is 11.9 Å². The molecule has 132 valence electrons. The maximum Gasteiger partial charge on any atom is 0.270 e. The average molecular weight is 342 g/mol. The Morgan fingerprint density at radius 2 is 2.12 bits per heavy atom. The molecule has 1 aromatic carbocycles. The van der Waals surface area contributed by atoms with Gasteiger partial charge in [0.2, 0.25) is 12.7 Å². The normalized spacial score (nSPS) is 12.1. The first-order valence-corrected chi connectivity index (χ1v) is 8.38. The Morgan fingerprint density at radius 1 is 1.28 bits per heavy atom. The third kappa shape index (κ3) is 4.17. The fourth-order valence-corrected chi connectivity index (χ4v) is 2.48. The molecule has 7 heteroatoms. The van der Waals surface area contributed by atoms with Gasteiger partial charge in [0.1, 0.15) is 5.69 Å². The van der Waals surface area contributed by atoms with E-state index >= 15 is 0 Å². The number of anilines is 1. The maximum atomic E-state index is 12.4. The van der Waals surface area contributed by atoms with Crippen LogP contribution >= 0.6 is 0 Å². The third-order valence-electron chi connectivity index (χ3n) is 3.95. The minimum atomic E-state index is -0.231. The molecule has 0 aliphatic carbocycles. The molecule has 1 N–H and O–H groups in total. The van der Waals surface area contributed by atoms with E-state index in [0.29, 0.717) is 23.9 Å². The van der Waals surface area contributed by atoms with Crippen LogP contribution in [-0.2, 0) is 6.54 Å². The topological polar surface area (TPSA) is 76.6 Å². The van der Waals surface area contributed by atoms with E-state index in [0.717, 1.165) is 30.7 Å². The van der Waals surface area contributed by atoms with Crippen LogP contribution < -0.4 is 19.7 Å². The van der Waals surface area contributed by atoms with Crippen LogP contribution in [0.3, 0.4) is 0 Å². The zero-order valence-corrected chi connectivity index (χ0v) is 14.5. The van der Waals surface area contributed by atoms with Crippen molar-refractivity contribution in [1.29, 1.82) is 0 Å². The Morgan fingerprint density at radius 3 is 2.96 bits per heavy atom. The number of fused-ring (bicyclic) bond motifs is 1. The summed E-state index contributed by atoms with van der Waals surface area (Å²) in [5.74, 6) is 1.76. The van der Waals surface area contributed by atoms with E-state index in [4.69, 9.17) is 9.47 Å². The third-order valence-corrected chi connectivity index (χ3v) is 3.95. The van der Waals surface area contributed by atoms with Gasteiger partial charge in [-0.3, -0.25) is 4.79 Å². The molecule has 1 aromatic heterocycles.